The molecule has 0 saturated heterocycles. The Morgan fingerprint density at radius 3 is 2.70 bits per heavy atom. The molecule has 0 aromatic carbocycles. The molecule has 2 N–H and O–H groups in total. The average Bonchev–Trinajstić information content (AvgIpc) is 2.98. The van der Waals surface area contributed by atoms with Gasteiger partial charge in [-0.3, -0.25) is 9.89 Å². The zero-order valence-electron chi connectivity index (χ0n) is 15.3. The van der Waals surface area contributed by atoms with Crippen molar-refractivity contribution < 1.29 is 0 Å². The van der Waals surface area contributed by atoms with Crippen LogP contribution in [0.2, 0.25) is 0 Å². The fourth-order valence-electron chi connectivity index (χ4n) is 2.45. The molecule has 7 heteroatoms. The zero-order valence-corrected chi connectivity index (χ0v) is 15.3. The highest BCUT2D eigenvalue weighted by molar-refractivity contribution is 5.79. The third-order valence-electron chi connectivity index (χ3n) is 3.79. The van der Waals surface area contributed by atoms with E-state index >= 15 is 0 Å². The number of aromatic nitrogens is 3. The monoisotopic (exact) mass is 323 g/mol. The molecule has 7 nitrogen and oxygen atoms in total. The number of nitrogens with zero attached hydrogens (tertiary/aromatic N) is 5. The Balaban J connectivity index is 2.43. The summed E-state index contributed by atoms with van der Waals surface area (Å²) in [5.41, 5.74) is 0. The van der Waals surface area contributed by atoms with E-state index < -0.39 is 0 Å². The minimum absolute atomic E-state index is 0.562. The first-order chi connectivity index (χ1) is 11.1. The summed E-state index contributed by atoms with van der Waals surface area (Å²) in [4.78, 5) is 7.07. The van der Waals surface area contributed by atoms with Gasteiger partial charge in [0.2, 0.25) is 0 Å². The molecule has 0 unspecified atom stereocenters. The van der Waals surface area contributed by atoms with Crippen molar-refractivity contribution >= 4 is 5.96 Å². The van der Waals surface area contributed by atoms with E-state index in [1.165, 1.54) is 0 Å². The van der Waals surface area contributed by atoms with Crippen molar-refractivity contribution in [1.82, 2.24) is 30.3 Å². The molecule has 0 amide bonds. The summed E-state index contributed by atoms with van der Waals surface area (Å²) < 4.78 is 2.08. The average molecular weight is 323 g/mol. The first-order valence-electron chi connectivity index (χ1n) is 8.75. The van der Waals surface area contributed by atoms with Crippen LogP contribution in [0.4, 0.5) is 0 Å². The lowest BCUT2D eigenvalue weighted by molar-refractivity contribution is 0.240. The molecule has 132 valence electrons. The predicted octanol–water partition coefficient (Wildman–Crippen LogP) is 1.13. The van der Waals surface area contributed by atoms with Crippen LogP contribution in [0.25, 0.3) is 0 Å². The van der Waals surface area contributed by atoms with Gasteiger partial charge < -0.3 is 15.2 Å². The highest BCUT2D eigenvalue weighted by Gasteiger charge is 2.06. The Morgan fingerprint density at radius 2 is 2.09 bits per heavy atom. The van der Waals surface area contributed by atoms with E-state index in [0.29, 0.717) is 6.04 Å². The number of hydrogen-bond donors (Lipinski definition) is 2. The van der Waals surface area contributed by atoms with Crippen molar-refractivity contribution in [3.8, 4) is 0 Å². The van der Waals surface area contributed by atoms with Gasteiger partial charge >= 0.3 is 0 Å². The van der Waals surface area contributed by atoms with Crippen LogP contribution in [-0.2, 0) is 13.0 Å². The van der Waals surface area contributed by atoms with Crippen LogP contribution < -0.4 is 10.6 Å². The minimum Gasteiger partial charge on any atom is -0.357 e. The summed E-state index contributed by atoms with van der Waals surface area (Å²) in [7, 11) is 0. The quantitative estimate of drug-likeness (QED) is 0.499. The molecule has 0 aliphatic carbocycles. The van der Waals surface area contributed by atoms with E-state index in [1.807, 2.05) is 0 Å². The van der Waals surface area contributed by atoms with Gasteiger partial charge in [-0.05, 0) is 27.3 Å². The van der Waals surface area contributed by atoms with Crippen molar-refractivity contribution in [3.05, 3.63) is 12.2 Å². The Bertz CT molecular complexity index is 453. The molecule has 23 heavy (non-hydrogen) atoms. The highest BCUT2D eigenvalue weighted by atomic mass is 15.3. The number of rotatable bonds is 10. The largest absolute Gasteiger partial charge is 0.357 e. The van der Waals surface area contributed by atoms with E-state index in [0.717, 1.165) is 57.5 Å². The van der Waals surface area contributed by atoms with Crippen molar-refractivity contribution in [1.29, 1.82) is 0 Å². The van der Waals surface area contributed by atoms with Crippen LogP contribution in [0.15, 0.2) is 11.3 Å². The van der Waals surface area contributed by atoms with E-state index in [1.54, 1.807) is 6.33 Å². The third kappa shape index (κ3) is 6.99. The first kappa shape index (κ1) is 19.4. The molecule has 0 radical (unpaired) electrons. The maximum Gasteiger partial charge on any atom is 0.191 e. The second-order valence-electron chi connectivity index (χ2n) is 5.70. The second kappa shape index (κ2) is 11.0. The Kier molecular flexibility index (Phi) is 9.28. The standard InChI is InChI=1S/C16H33N7/c1-6-15-21-20-13-23(15)12-10-19-16(17-7-2)18-9-11-22(8-3)14(4)5/h13-14H,6-12H2,1-5H3,(H2,17,18,19). The minimum atomic E-state index is 0.562. The summed E-state index contributed by atoms with van der Waals surface area (Å²) in [6.07, 6.45) is 2.68. The van der Waals surface area contributed by atoms with Crippen LogP contribution in [0.5, 0.6) is 0 Å². The Morgan fingerprint density at radius 1 is 1.30 bits per heavy atom. The van der Waals surface area contributed by atoms with Crippen molar-refractivity contribution in [2.24, 2.45) is 4.99 Å². The molecule has 0 atom stereocenters. The van der Waals surface area contributed by atoms with Gasteiger partial charge in [-0.2, -0.15) is 0 Å². The lowest BCUT2D eigenvalue weighted by Crippen LogP contribution is -2.40. The van der Waals surface area contributed by atoms with Crippen LogP contribution in [0.1, 0.15) is 40.4 Å². The smallest absolute Gasteiger partial charge is 0.191 e. The highest BCUT2D eigenvalue weighted by Crippen LogP contribution is 1.97. The van der Waals surface area contributed by atoms with Crippen LogP contribution >= 0.6 is 0 Å². The first-order valence-corrected chi connectivity index (χ1v) is 8.75. The van der Waals surface area contributed by atoms with Gasteiger partial charge in [0.1, 0.15) is 12.2 Å². The molecule has 1 aromatic heterocycles. The maximum absolute atomic E-state index is 4.66. The summed E-state index contributed by atoms with van der Waals surface area (Å²) >= 11 is 0. The summed E-state index contributed by atoms with van der Waals surface area (Å²) in [6.45, 7) is 16.2. The molecule has 1 heterocycles. The van der Waals surface area contributed by atoms with E-state index in [-0.39, 0.29) is 0 Å². The third-order valence-corrected chi connectivity index (χ3v) is 3.79. The summed E-state index contributed by atoms with van der Waals surface area (Å²) in [6, 6.07) is 0.562. The van der Waals surface area contributed by atoms with E-state index in [4.69, 9.17) is 0 Å². The fourth-order valence-corrected chi connectivity index (χ4v) is 2.45. The van der Waals surface area contributed by atoms with Crippen molar-refractivity contribution in [2.75, 3.05) is 32.7 Å². The number of likely N-dealkylation sites (N-methyl/N-ethyl adjacent to an activating group) is 1. The lowest BCUT2D eigenvalue weighted by Gasteiger charge is -2.23. The molecule has 1 rings (SSSR count). The van der Waals surface area contributed by atoms with Crippen LogP contribution in [0.3, 0.4) is 0 Å². The van der Waals surface area contributed by atoms with Gasteiger partial charge in [0.15, 0.2) is 5.96 Å². The SMILES string of the molecule is CCNC(=NCCN(CC)C(C)C)NCCn1cnnc1CC. The number of aliphatic imine (C=N–C) groups is 1. The van der Waals surface area contributed by atoms with E-state index in [2.05, 4.69) is 69.9 Å². The van der Waals surface area contributed by atoms with Gasteiger partial charge in [-0.1, -0.05) is 13.8 Å². The van der Waals surface area contributed by atoms with Gasteiger partial charge in [-0.25, -0.2) is 0 Å². The van der Waals surface area contributed by atoms with Crippen LogP contribution in [0, 0.1) is 0 Å². The molecule has 0 saturated carbocycles. The molecule has 0 bridgehead atoms. The van der Waals surface area contributed by atoms with Crippen molar-refractivity contribution in [3.63, 3.8) is 0 Å². The maximum atomic E-state index is 4.66. The molecule has 0 aliphatic rings. The normalized spacial score (nSPS) is 12.2. The number of nitrogens with one attached hydrogen (secondary N) is 2. The van der Waals surface area contributed by atoms with Crippen molar-refractivity contribution in [2.45, 2.75) is 53.6 Å². The number of aryl methyl sites for hydroxylation is 1. The molecule has 0 spiro atoms. The number of guanidine groups is 1. The van der Waals surface area contributed by atoms with Gasteiger partial charge in [0.25, 0.3) is 0 Å². The zero-order chi connectivity index (χ0) is 17.1. The van der Waals surface area contributed by atoms with Gasteiger partial charge in [-0.15, -0.1) is 10.2 Å². The molecular weight excluding hydrogens is 290 g/mol. The fraction of sp³-hybridized carbons (Fsp3) is 0.812. The molecule has 1 aromatic rings. The number of hydrogen-bond acceptors (Lipinski definition) is 4. The molecule has 0 fully saturated rings. The van der Waals surface area contributed by atoms with Gasteiger partial charge in [0, 0.05) is 38.6 Å². The van der Waals surface area contributed by atoms with Crippen LogP contribution in [-0.4, -0.2) is 64.4 Å². The Labute approximate surface area is 140 Å². The lowest BCUT2D eigenvalue weighted by atomic mass is 10.3. The topological polar surface area (TPSA) is 70.4 Å². The van der Waals surface area contributed by atoms with Gasteiger partial charge in [0.05, 0.1) is 6.54 Å². The summed E-state index contributed by atoms with van der Waals surface area (Å²) in [5.74, 6) is 1.89. The molecule has 0 aliphatic heterocycles. The van der Waals surface area contributed by atoms with E-state index in [9.17, 15) is 0 Å². The Hall–Kier alpha value is -1.63. The molecular formula is C16H33N7. The second-order valence-corrected chi connectivity index (χ2v) is 5.70. The predicted molar refractivity (Wildman–Crippen MR) is 95.8 cm³/mol. The summed E-state index contributed by atoms with van der Waals surface area (Å²) in [5, 5.41) is 14.7.